The van der Waals surface area contributed by atoms with Gasteiger partial charge in [0, 0.05) is 24.0 Å². The van der Waals surface area contributed by atoms with Gasteiger partial charge >= 0.3 is 0 Å². The second-order valence-electron chi connectivity index (χ2n) is 3.27. The lowest BCUT2D eigenvalue weighted by Gasteiger charge is -2.11. The van der Waals surface area contributed by atoms with Crippen LogP contribution in [0, 0.1) is 0 Å². The van der Waals surface area contributed by atoms with Crippen molar-refractivity contribution in [3.8, 4) is 0 Å². The molecule has 4 heteroatoms. The zero-order valence-electron chi connectivity index (χ0n) is 8.45. The zero-order valence-corrected chi connectivity index (χ0v) is 10.8. The third kappa shape index (κ3) is 2.54. The number of anilines is 2. The smallest absolute Gasteiger partial charge is 0.0593 e. The van der Waals surface area contributed by atoms with Crippen LogP contribution in [0.2, 0.25) is 0 Å². The predicted molar refractivity (Wildman–Crippen MR) is 71.2 cm³/mol. The molecule has 0 amide bonds. The van der Waals surface area contributed by atoms with Gasteiger partial charge in [-0.2, -0.15) is 0 Å². The summed E-state index contributed by atoms with van der Waals surface area (Å²) in [6.07, 6.45) is 3.50. The highest BCUT2D eigenvalue weighted by Crippen LogP contribution is 2.26. The maximum Gasteiger partial charge on any atom is 0.0593 e. The molecule has 0 aliphatic carbocycles. The van der Waals surface area contributed by atoms with E-state index in [1.54, 1.807) is 12.4 Å². The van der Waals surface area contributed by atoms with Crippen molar-refractivity contribution in [2.24, 2.45) is 0 Å². The number of benzene rings is 1. The molecule has 0 saturated heterocycles. The summed E-state index contributed by atoms with van der Waals surface area (Å²) < 4.78 is 0.930. The predicted octanol–water partition coefficient (Wildman–Crippen LogP) is 4.33. The summed E-state index contributed by atoms with van der Waals surface area (Å²) in [6.45, 7) is 0. The Kier molecular flexibility index (Phi) is 3.80. The van der Waals surface area contributed by atoms with Gasteiger partial charge in [0.15, 0.2) is 0 Å². The Bertz CT molecular complexity index is 488. The van der Waals surface area contributed by atoms with Gasteiger partial charge in [0.1, 0.15) is 0 Å². The molecule has 0 bridgehead atoms. The molecule has 0 aliphatic heterocycles. The molecule has 0 unspecified atom stereocenters. The lowest BCUT2D eigenvalue weighted by atomic mass is 10.2. The van der Waals surface area contributed by atoms with Crippen molar-refractivity contribution in [3.05, 3.63) is 52.8 Å². The number of pyridine rings is 1. The molecule has 2 rings (SSSR count). The minimum absolute atomic E-state index is 0.492. The van der Waals surface area contributed by atoms with Gasteiger partial charge in [-0.3, -0.25) is 4.98 Å². The molecule has 0 saturated carbocycles. The van der Waals surface area contributed by atoms with E-state index in [-0.39, 0.29) is 0 Å². The van der Waals surface area contributed by atoms with Crippen molar-refractivity contribution in [1.82, 2.24) is 4.98 Å². The van der Waals surface area contributed by atoms with E-state index in [1.807, 2.05) is 30.3 Å². The molecule has 1 aromatic heterocycles. The fraction of sp³-hybridized carbons (Fsp3) is 0.0833. The van der Waals surface area contributed by atoms with E-state index in [0.717, 1.165) is 21.4 Å². The Morgan fingerprint density at radius 3 is 2.75 bits per heavy atom. The number of alkyl halides is 1. The van der Waals surface area contributed by atoms with E-state index in [2.05, 4.69) is 26.2 Å². The molecule has 0 spiro atoms. The Morgan fingerprint density at radius 2 is 2.00 bits per heavy atom. The first-order valence-electron chi connectivity index (χ1n) is 4.81. The molecule has 0 atom stereocenters. The van der Waals surface area contributed by atoms with Crippen LogP contribution in [0.4, 0.5) is 11.4 Å². The Morgan fingerprint density at radius 1 is 1.19 bits per heavy atom. The first-order valence-corrected chi connectivity index (χ1v) is 6.14. The van der Waals surface area contributed by atoms with Gasteiger partial charge in [0.05, 0.1) is 10.2 Å². The number of hydrogen-bond acceptors (Lipinski definition) is 2. The lowest BCUT2D eigenvalue weighted by Crippen LogP contribution is -1.95. The van der Waals surface area contributed by atoms with Crippen LogP contribution in [0.15, 0.2) is 47.2 Å². The van der Waals surface area contributed by atoms with Crippen LogP contribution in [0.25, 0.3) is 0 Å². The molecule has 0 radical (unpaired) electrons. The second kappa shape index (κ2) is 5.32. The molecule has 2 aromatic rings. The molecule has 16 heavy (non-hydrogen) atoms. The molecule has 0 fully saturated rings. The average Bonchev–Trinajstić information content (AvgIpc) is 2.33. The van der Waals surface area contributed by atoms with Gasteiger partial charge in [0.2, 0.25) is 0 Å². The van der Waals surface area contributed by atoms with Gasteiger partial charge in [-0.1, -0.05) is 18.2 Å². The maximum atomic E-state index is 5.87. The number of para-hydroxylation sites is 1. The van der Waals surface area contributed by atoms with Crippen LogP contribution in [0.5, 0.6) is 0 Å². The largest absolute Gasteiger partial charge is 0.354 e. The molecule has 1 aromatic carbocycles. The molecule has 82 valence electrons. The van der Waals surface area contributed by atoms with Gasteiger partial charge in [-0.25, -0.2) is 0 Å². The number of halogens is 2. The van der Waals surface area contributed by atoms with Crippen molar-refractivity contribution in [3.63, 3.8) is 0 Å². The quantitative estimate of drug-likeness (QED) is 0.853. The van der Waals surface area contributed by atoms with Gasteiger partial charge < -0.3 is 5.32 Å². The second-order valence-corrected chi connectivity index (χ2v) is 4.39. The highest BCUT2D eigenvalue weighted by Gasteiger charge is 2.03. The van der Waals surface area contributed by atoms with E-state index in [1.165, 1.54) is 0 Å². The third-order valence-electron chi connectivity index (χ3n) is 2.20. The minimum Gasteiger partial charge on any atom is -0.354 e. The number of aromatic nitrogens is 1. The van der Waals surface area contributed by atoms with Crippen LogP contribution >= 0.6 is 27.5 Å². The molecule has 2 nitrogen and oxygen atoms in total. The Hall–Kier alpha value is -1.06. The topological polar surface area (TPSA) is 24.9 Å². The van der Waals surface area contributed by atoms with Crippen molar-refractivity contribution in [1.29, 1.82) is 0 Å². The van der Waals surface area contributed by atoms with E-state index in [9.17, 15) is 0 Å². The number of hydrogen-bond donors (Lipinski definition) is 1. The highest BCUT2D eigenvalue weighted by molar-refractivity contribution is 9.10. The van der Waals surface area contributed by atoms with Crippen LogP contribution in [-0.4, -0.2) is 4.98 Å². The average molecular weight is 298 g/mol. The molecular weight excluding hydrogens is 288 g/mol. The summed E-state index contributed by atoms with van der Waals surface area (Å²) in [4.78, 5) is 4.02. The summed E-state index contributed by atoms with van der Waals surface area (Å²) >= 11 is 9.32. The van der Waals surface area contributed by atoms with Crippen LogP contribution in [0.3, 0.4) is 0 Å². The van der Waals surface area contributed by atoms with E-state index < -0.39 is 0 Å². The summed E-state index contributed by atoms with van der Waals surface area (Å²) in [6, 6.07) is 9.88. The number of nitrogens with zero attached hydrogens (tertiary/aromatic N) is 1. The monoisotopic (exact) mass is 296 g/mol. The third-order valence-corrected chi connectivity index (χ3v) is 3.12. The van der Waals surface area contributed by atoms with E-state index in [0.29, 0.717) is 5.88 Å². The fourth-order valence-corrected chi connectivity index (χ4v) is 1.96. The molecule has 0 aliphatic rings. The summed E-state index contributed by atoms with van der Waals surface area (Å²) in [5, 5.41) is 3.32. The lowest BCUT2D eigenvalue weighted by molar-refractivity contribution is 1.30. The first kappa shape index (κ1) is 11.4. The van der Waals surface area contributed by atoms with E-state index >= 15 is 0 Å². The first-order chi connectivity index (χ1) is 7.81. The number of nitrogens with one attached hydrogen (secondary N) is 1. The standard InChI is InChI=1S/C12H10BrClN2/c13-10-8-15-6-5-12(10)16-11-4-2-1-3-9(11)7-14/h1-6,8H,7H2,(H,15,16). The molecule has 1 heterocycles. The fourth-order valence-electron chi connectivity index (χ4n) is 1.38. The number of rotatable bonds is 3. The van der Waals surface area contributed by atoms with Gasteiger partial charge in [-0.15, -0.1) is 11.6 Å². The summed E-state index contributed by atoms with van der Waals surface area (Å²) in [5.74, 6) is 0.492. The Balaban J connectivity index is 2.30. The zero-order chi connectivity index (χ0) is 11.4. The van der Waals surface area contributed by atoms with E-state index in [4.69, 9.17) is 11.6 Å². The van der Waals surface area contributed by atoms with Crippen molar-refractivity contribution < 1.29 is 0 Å². The van der Waals surface area contributed by atoms with Gasteiger partial charge in [0.25, 0.3) is 0 Å². The van der Waals surface area contributed by atoms with Crippen LogP contribution < -0.4 is 5.32 Å². The summed E-state index contributed by atoms with van der Waals surface area (Å²) in [5.41, 5.74) is 3.07. The SMILES string of the molecule is ClCc1ccccc1Nc1ccncc1Br. The minimum atomic E-state index is 0.492. The molecular formula is C12H10BrClN2. The van der Waals surface area contributed by atoms with Gasteiger partial charge in [-0.05, 0) is 33.6 Å². The normalized spacial score (nSPS) is 10.1. The molecule has 1 N–H and O–H groups in total. The van der Waals surface area contributed by atoms with Crippen molar-refractivity contribution >= 4 is 38.9 Å². The van der Waals surface area contributed by atoms with Crippen molar-refractivity contribution in [2.75, 3.05) is 5.32 Å². The van der Waals surface area contributed by atoms with Crippen LogP contribution in [-0.2, 0) is 5.88 Å². The Labute approximate surface area is 108 Å². The summed E-state index contributed by atoms with van der Waals surface area (Å²) in [7, 11) is 0. The van der Waals surface area contributed by atoms with Crippen LogP contribution in [0.1, 0.15) is 5.56 Å². The highest BCUT2D eigenvalue weighted by atomic mass is 79.9. The maximum absolute atomic E-state index is 5.87. The van der Waals surface area contributed by atoms with Crippen molar-refractivity contribution in [2.45, 2.75) is 5.88 Å².